The summed E-state index contributed by atoms with van der Waals surface area (Å²) < 4.78 is 36.9. The van der Waals surface area contributed by atoms with Crippen LogP contribution in [0, 0.1) is 0 Å². The molecule has 0 unspecified atom stereocenters. The fourth-order valence-corrected chi connectivity index (χ4v) is 2.96. The van der Waals surface area contributed by atoms with Crippen LogP contribution in [-0.4, -0.2) is 66.1 Å². The van der Waals surface area contributed by atoms with Gasteiger partial charge in [-0.2, -0.15) is 13.2 Å². The smallest absolute Gasteiger partial charge is 0.335 e. The molecule has 0 spiro atoms. The van der Waals surface area contributed by atoms with Crippen LogP contribution in [0.1, 0.15) is 15.5 Å². The summed E-state index contributed by atoms with van der Waals surface area (Å²) in [6.45, 7) is 0.580. The van der Waals surface area contributed by atoms with Crippen LogP contribution in [-0.2, 0) is 6.42 Å². The van der Waals surface area contributed by atoms with Gasteiger partial charge in [-0.05, 0) is 6.54 Å². The zero-order valence-electron chi connectivity index (χ0n) is 12.2. The van der Waals surface area contributed by atoms with E-state index in [1.807, 2.05) is 0 Å². The number of carbonyl (C=O) groups excluding carboxylic acids is 1. The molecule has 2 rings (SSSR count). The summed E-state index contributed by atoms with van der Waals surface area (Å²) in [5.74, 6) is -0.221. The number of piperazine rings is 1. The van der Waals surface area contributed by atoms with Gasteiger partial charge in [0, 0.05) is 38.0 Å². The first-order valence-electron chi connectivity index (χ1n) is 6.62. The Bertz CT molecular complexity index is 493. The first kappa shape index (κ1) is 22.4. The largest absolute Gasteiger partial charge is 0.401 e. The molecule has 1 aromatic heterocycles. The molecular formula is C12H19Cl2F3N4OS. The number of alkyl halides is 3. The van der Waals surface area contributed by atoms with E-state index < -0.39 is 12.7 Å². The lowest BCUT2D eigenvalue weighted by Crippen LogP contribution is -2.51. The van der Waals surface area contributed by atoms with E-state index in [1.54, 1.807) is 10.3 Å². The normalized spacial score (nSPS) is 15.7. The number of nitrogens with two attached hydrogens (primary N) is 1. The number of nitrogens with zero attached hydrogens (tertiary/aromatic N) is 3. The van der Waals surface area contributed by atoms with E-state index in [9.17, 15) is 18.0 Å². The summed E-state index contributed by atoms with van der Waals surface area (Å²) in [5, 5.41) is 2.48. The third kappa shape index (κ3) is 6.80. The molecule has 2 N–H and O–H groups in total. The van der Waals surface area contributed by atoms with Crippen molar-refractivity contribution in [2.24, 2.45) is 5.73 Å². The van der Waals surface area contributed by atoms with E-state index in [1.165, 1.54) is 16.2 Å². The molecule has 2 heterocycles. The summed E-state index contributed by atoms with van der Waals surface area (Å²) in [5.41, 5.74) is 5.78. The molecule has 1 aliphatic rings. The quantitative estimate of drug-likeness (QED) is 0.845. The van der Waals surface area contributed by atoms with Gasteiger partial charge in [0.2, 0.25) is 0 Å². The van der Waals surface area contributed by atoms with Gasteiger partial charge in [0.25, 0.3) is 5.91 Å². The van der Waals surface area contributed by atoms with Gasteiger partial charge in [0.05, 0.1) is 11.6 Å². The van der Waals surface area contributed by atoms with Crippen LogP contribution in [0.25, 0.3) is 0 Å². The number of rotatable bonds is 4. The number of aromatic nitrogens is 1. The molecule has 0 aromatic carbocycles. The van der Waals surface area contributed by atoms with E-state index in [2.05, 4.69) is 4.98 Å². The zero-order chi connectivity index (χ0) is 15.5. The Morgan fingerprint density at radius 2 is 1.87 bits per heavy atom. The predicted octanol–water partition coefficient (Wildman–Crippen LogP) is 1.81. The van der Waals surface area contributed by atoms with Crippen LogP contribution in [0.4, 0.5) is 13.2 Å². The van der Waals surface area contributed by atoms with E-state index in [0.717, 1.165) is 5.01 Å². The zero-order valence-corrected chi connectivity index (χ0v) is 14.7. The molecule has 23 heavy (non-hydrogen) atoms. The predicted molar refractivity (Wildman–Crippen MR) is 87.8 cm³/mol. The van der Waals surface area contributed by atoms with Gasteiger partial charge in [0.15, 0.2) is 0 Å². The summed E-state index contributed by atoms with van der Waals surface area (Å²) in [6, 6.07) is 0. The Balaban J connectivity index is 0.00000242. The maximum absolute atomic E-state index is 12.3. The van der Waals surface area contributed by atoms with E-state index in [4.69, 9.17) is 5.73 Å². The first-order chi connectivity index (χ1) is 9.89. The molecule has 5 nitrogen and oxygen atoms in total. The van der Waals surface area contributed by atoms with Crippen molar-refractivity contribution < 1.29 is 18.0 Å². The first-order valence-corrected chi connectivity index (χ1v) is 7.50. The Morgan fingerprint density at radius 3 is 2.39 bits per heavy atom. The number of hydrogen-bond donors (Lipinski definition) is 1. The molecular weight excluding hydrogens is 376 g/mol. The van der Waals surface area contributed by atoms with Gasteiger partial charge in [-0.25, -0.2) is 4.98 Å². The summed E-state index contributed by atoms with van der Waals surface area (Å²) >= 11 is 1.38. The maximum atomic E-state index is 12.3. The lowest BCUT2D eigenvalue weighted by molar-refractivity contribution is -0.148. The maximum Gasteiger partial charge on any atom is 0.401 e. The van der Waals surface area contributed by atoms with Crippen molar-refractivity contribution in [1.29, 1.82) is 0 Å². The van der Waals surface area contributed by atoms with Gasteiger partial charge in [-0.3, -0.25) is 9.69 Å². The van der Waals surface area contributed by atoms with Crippen LogP contribution < -0.4 is 5.73 Å². The lowest BCUT2D eigenvalue weighted by Gasteiger charge is -2.34. The highest BCUT2D eigenvalue weighted by Crippen LogP contribution is 2.18. The second-order valence-electron chi connectivity index (χ2n) is 4.85. The van der Waals surface area contributed by atoms with Gasteiger partial charge >= 0.3 is 6.18 Å². The lowest BCUT2D eigenvalue weighted by atomic mass is 10.3. The molecule has 1 amide bonds. The van der Waals surface area contributed by atoms with Crippen molar-refractivity contribution in [3.8, 4) is 0 Å². The molecule has 1 fully saturated rings. The molecule has 0 radical (unpaired) electrons. The number of carbonyl (C=O) groups is 1. The molecule has 0 bridgehead atoms. The van der Waals surface area contributed by atoms with E-state index in [0.29, 0.717) is 31.7 Å². The molecule has 1 saturated heterocycles. The Hall–Kier alpha value is -0.610. The summed E-state index contributed by atoms with van der Waals surface area (Å²) in [6.07, 6.45) is -3.57. The Kier molecular flexibility index (Phi) is 9.37. The van der Waals surface area contributed by atoms with Gasteiger partial charge in [0.1, 0.15) is 5.69 Å². The number of amides is 1. The standard InChI is InChI=1S/C12H17F3N4OS.2ClH/c13-12(14,15)8-18-3-5-19(6-4-18)11(20)9-7-21-10(17-9)1-2-16;;/h7H,1-6,8,16H2;2*1H. The van der Waals surface area contributed by atoms with Crippen molar-refractivity contribution in [1.82, 2.24) is 14.8 Å². The van der Waals surface area contributed by atoms with E-state index >= 15 is 0 Å². The minimum atomic E-state index is -4.20. The van der Waals surface area contributed by atoms with Gasteiger partial charge in [-0.15, -0.1) is 36.2 Å². The Morgan fingerprint density at radius 1 is 1.26 bits per heavy atom. The van der Waals surface area contributed by atoms with Gasteiger partial charge in [-0.1, -0.05) is 0 Å². The second kappa shape index (κ2) is 9.63. The SMILES string of the molecule is Cl.Cl.NCCc1nc(C(=O)N2CCN(CC(F)(F)F)CC2)cs1. The molecule has 1 aromatic rings. The minimum absolute atomic E-state index is 0. The van der Waals surface area contributed by atoms with Crippen molar-refractivity contribution in [3.05, 3.63) is 16.1 Å². The highest BCUT2D eigenvalue weighted by atomic mass is 35.5. The van der Waals surface area contributed by atoms with Gasteiger partial charge < -0.3 is 10.6 Å². The van der Waals surface area contributed by atoms with Crippen molar-refractivity contribution in [2.45, 2.75) is 12.6 Å². The minimum Gasteiger partial charge on any atom is -0.335 e. The van der Waals surface area contributed by atoms with Crippen LogP contribution in [0.5, 0.6) is 0 Å². The van der Waals surface area contributed by atoms with Crippen LogP contribution in [0.2, 0.25) is 0 Å². The molecule has 1 aliphatic heterocycles. The third-order valence-corrected chi connectivity index (χ3v) is 4.10. The van der Waals surface area contributed by atoms with Crippen LogP contribution in [0.3, 0.4) is 0 Å². The summed E-state index contributed by atoms with van der Waals surface area (Å²) in [7, 11) is 0. The highest BCUT2D eigenvalue weighted by molar-refractivity contribution is 7.09. The molecule has 134 valence electrons. The number of halogens is 5. The monoisotopic (exact) mass is 394 g/mol. The molecule has 0 aliphatic carbocycles. The molecule has 11 heteroatoms. The van der Waals surface area contributed by atoms with Crippen molar-refractivity contribution >= 4 is 42.1 Å². The van der Waals surface area contributed by atoms with Crippen molar-refractivity contribution in [3.63, 3.8) is 0 Å². The summed E-state index contributed by atoms with van der Waals surface area (Å²) in [4.78, 5) is 19.3. The van der Waals surface area contributed by atoms with Crippen LogP contribution >= 0.6 is 36.2 Å². The number of thiazole rings is 1. The fourth-order valence-electron chi connectivity index (χ4n) is 2.17. The third-order valence-electron chi connectivity index (χ3n) is 3.19. The highest BCUT2D eigenvalue weighted by Gasteiger charge is 2.33. The Labute approximate surface area is 148 Å². The average molecular weight is 395 g/mol. The fraction of sp³-hybridized carbons (Fsp3) is 0.667. The van der Waals surface area contributed by atoms with E-state index in [-0.39, 0.29) is 43.8 Å². The topological polar surface area (TPSA) is 62.5 Å². The molecule has 0 atom stereocenters. The van der Waals surface area contributed by atoms with Crippen LogP contribution in [0.15, 0.2) is 5.38 Å². The van der Waals surface area contributed by atoms with Crippen molar-refractivity contribution in [2.75, 3.05) is 39.3 Å². The number of hydrogen-bond acceptors (Lipinski definition) is 5. The molecule has 0 saturated carbocycles. The second-order valence-corrected chi connectivity index (χ2v) is 5.79. The average Bonchev–Trinajstić information content (AvgIpc) is 2.86.